The Hall–Kier alpha value is -1.77. The molecule has 0 bridgehead atoms. The van der Waals surface area contributed by atoms with Gasteiger partial charge in [-0.15, -0.1) is 0 Å². The Morgan fingerprint density at radius 1 is 1.47 bits per heavy atom. The molecule has 1 heterocycles. The molecule has 2 N–H and O–H groups in total. The highest BCUT2D eigenvalue weighted by Gasteiger charge is 2.24. The average molecular weight is 231 g/mol. The number of nitrogens with one attached hydrogen (secondary N) is 1. The lowest BCUT2D eigenvalue weighted by Crippen LogP contribution is -2.33. The Bertz CT molecular complexity index is 477. The van der Waals surface area contributed by atoms with E-state index in [-0.39, 0.29) is 17.6 Å². The molecular formula is C14H17NO2. The molecule has 0 fully saturated rings. The van der Waals surface area contributed by atoms with Crippen molar-refractivity contribution in [3.63, 3.8) is 0 Å². The van der Waals surface area contributed by atoms with E-state index in [0.717, 1.165) is 29.7 Å². The van der Waals surface area contributed by atoms with Crippen molar-refractivity contribution in [3.8, 4) is 5.75 Å². The Kier molecular flexibility index (Phi) is 3.18. The molecule has 3 heteroatoms. The number of carbonyl (C=O) groups excluding carboxylic acids is 1. The summed E-state index contributed by atoms with van der Waals surface area (Å²) in [6.45, 7) is 3.94. The van der Waals surface area contributed by atoms with Gasteiger partial charge in [-0.1, -0.05) is 26.0 Å². The number of phenolic OH excluding ortho intramolecular Hbond substituents is 1. The van der Waals surface area contributed by atoms with Crippen LogP contribution in [-0.4, -0.2) is 11.0 Å². The van der Waals surface area contributed by atoms with Crippen LogP contribution in [0.15, 0.2) is 30.0 Å². The Labute approximate surface area is 101 Å². The SMILES string of the molecule is CCC1=C(c2cccc(O)c2)CC(C)C(=O)N1. The summed E-state index contributed by atoms with van der Waals surface area (Å²) in [6, 6.07) is 7.19. The fourth-order valence-corrected chi connectivity index (χ4v) is 2.16. The molecule has 0 saturated heterocycles. The first-order valence-electron chi connectivity index (χ1n) is 5.94. The van der Waals surface area contributed by atoms with Gasteiger partial charge in [0.05, 0.1) is 0 Å². The number of aromatic hydroxyl groups is 1. The number of hydrogen-bond donors (Lipinski definition) is 2. The number of hydrogen-bond acceptors (Lipinski definition) is 2. The van der Waals surface area contributed by atoms with Crippen LogP contribution in [0.25, 0.3) is 5.57 Å². The topological polar surface area (TPSA) is 49.3 Å². The highest BCUT2D eigenvalue weighted by molar-refractivity contribution is 5.88. The van der Waals surface area contributed by atoms with Gasteiger partial charge in [0, 0.05) is 11.6 Å². The van der Waals surface area contributed by atoms with Crippen molar-refractivity contribution in [2.24, 2.45) is 5.92 Å². The molecule has 0 aliphatic carbocycles. The van der Waals surface area contributed by atoms with E-state index < -0.39 is 0 Å². The molecule has 0 radical (unpaired) electrons. The smallest absolute Gasteiger partial charge is 0.227 e. The van der Waals surface area contributed by atoms with E-state index in [2.05, 4.69) is 5.32 Å². The number of phenols is 1. The second kappa shape index (κ2) is 4.62. The summed E-state index contributed by atoms with van der Waals surface area (Å²) in [6.07, 6.45) is 1.53. The molecule has 3 nitrogen and oxygen atoms in total. The van der Waals surface area contributed by atoms with Gasteiger partial charge >= 0.3 is 0 Å². The Balaban J connectivity index is 2.44. The maximum absolute atomic E-state index is 11.6. The van der Waals surface area contributed by atoms with Crippen LogP contribution < -0.4 is 5.32 Å². The summed E-state index contributed by atoms with van der Waals surface area (Å²) >= 11 is 0. The fourth-order valence-electron chi connectivity index (χ4n) is 2.16. The van der Waals surface area contributed by atoms with Crippen molar-refractivity contribution in [1.82, 2.24) is 5.32 Å². The van der Waals surface area contributed by atoms with Crippen LogP contribution in [-0.2, 0) is 4.79 Å². The third-order valence-electron chi connectivity index (χ3n) is 3.14. The van der Waals surface area contributed by atoms with Crippen molar-refractivity contribution in [2.45, 2.75) is 26.7 Å². The van der Waals surface area contributed by atoms with Crippen LogP contribution in [0.3, 0.4) is 0 Å². The molecule has 1 aromatic rings. The molecule has 0 aromatic heterocycles. The van der Waals surface area contributed by atoms with Crippen LogP contribution in [0.5, 0.6) is 5.75 Å². The van der Waals surface area contributed by atoms with Crippen molar-refractivity contribution in [1.29, 1.82) is 0 Å². The van der Waals surface area contributed by atoms with Crippen molar-refractivity contribution in [2.75, 3.05) is 0 Å². The summed E-state index contributed by atoms with van der Waals surface area (Å²) in [5, 5.41) is 12.5. The van der Waals surface area contributed by atoms with Crippen LogP contribution in [0.4, 0.5) is 0 Å². The number of benzene rings is 1. The second-order valence-electron chi connectivity index (χ2n) is 4.46. The van der Waals surface area contributed by atoms with Crippen molar-refractivity contribution < 1.29 is 9.90 Å². The molecule has 1 aromatic carbocycles. The van der Waals surface area contributed by atoms with Crippen LogP contribution in [0, 0.1) is 5.92 Å². The first kappa shape index (κ1) is 11.7. The minimum absolute atomic E-state index is 0.0114. The Morgan fingerprint density at radius 3 is 2.88 bits per heavy atom. The zero-order chi connectivity index (χ0) is 12.4. The lowest BCUT2D eigenvalue weighted by atomic mass is 9.89. The van der Waals surface area contributed by atoms with Gasteiger partial charge in [0.25, 0.3) is 0 Å². The standard InChI is InChI=1S/C14H17NO2/c1-3-13-12(7-9(2)14(17)15-13)10-5-4-6-11(16)8-10/h4-6,8-9,16H,3,7H2,1-2H3,(H,15,17). The number of amides is 1. The highest BCUT2D eigenvalue weighted by Crippen LogP contribution is 2.31. The predicted molar refractivity (Wildman–Crippen MR) is 67.2 cm³/mol. The van der Waals surface area contributed by atoms with Crippen LogP contribution >= 0.6 is 0 Å². The normalized spacial score (nSPS) is 20.4. The molecule has 0 saturated carbocycles. The van der Waals surface area contributed by atoms with Gasteiger partial charge in [-0.25, -0.2) is 0 Å². The molecule has 2 rings (SSSR count). The van der Waals surface area contributed by atoms with Gasteiger partial charge in [0.15, 0.2) is 0 Å². The van der Waals surface area contributed by atoms with Gasteiger partial charge in [0.1, 0.15) is 5.75 Å². The molecule has 0 spiro atoms. The second-order valence-corrected chi connectivity index (χ2v) is 4.46. The quantitative estimate of drug-likeness (QED) is 0.822. The maximum atomic E-state index is 11.6. The van der Waals surface area contributed by atoms with Crippen LogP contribution in [0.1, 0.15) is 32.3 Å². The highest BCUT2D eigenvalue weighted by atomic mass is 16.3. The van der Waals surface area contributed by atoms with Crippen molar-refractivity contribution >= 4 is 11.5 Å². The van der Waals surface area contributed by atoms with Gasteiger partial charge in [-0.2, -0.15) is 0 Å². The van der Waals surface area contributed by atoms with Gasteiger partial charge in [-0.05, 0) is 36.1 Å². The van der Waals surface area contributed by atoms with Crippen molar-refractivity contribution in [3.05, 3.63) is 35.5 Å². The average Bonchev–Trinajstić information content (AvgIpc) is 2.32. The third kappa shape index (κ3) is 2.33. The molecule has 90 valence electrons. The largest absolute Gasteiger partial charge is 0.508 e. The van der Waals surface area contributed by atoms with Gasteiger partial charge in [0.2, 0.25) is 5.91 Å². The van der Waals surface area contributed by atoms with E-state index in [9.17, 15) is 9.90 Å². The molecular weight excluding hydrogens is 214 g/mol. The van der Waals surface area contributed by atoms with Crippen LogP contribution in [0.2, 0.25) is 0 Å². The molecule has 1 atom stereocenters. The number of rotatable bonds is 2. The zero-order valence-corrected chi connectivity index (χ0v) is 10.2. The lowest BCUT2D eigenvalue weighted by Gasteiger charge is -2.25. The van der Waals surface area contributed by atoms with E-state index in [1.807, 2.05) is 26.0 Å². The first-order valence-corrected chi connectivity index (χ1v) is 5.94. The minimum Gasteiger partial charge on any atom is -0.508 e. The van der Waals surface area contributed by atoms with E-state index in [1.54, 1.807) is 12.1 Å². The molecule has 1 aliphatic rings. The van der Waals surface area contributed by atoms with E-state index >= 15 is 0 Å². The summed E-state index contributed by atoms with van der Waals surface area (Å²) in [5.41, 5.74) is 3.10. The molecule has 1 aliphatic heterocycles. The monoisotopic (exact) mass is 231 g/mol. The first-order chi connectivity index (χ1) is 8.11. The Morgan fingerprint density at radius 2 is 2.24 bits per heavy atom. The third-order valence-corrected chi connectivity index (χ3v) is 3.14. The fraction of sp³-hybridized carbons (Fsp3) is 0.357. The summed E-state index contributed by atoms with van der Waals surface area (Å²) in [4.78, 5) is 11.6. The summed E-state index contributed by atoms with van der Waals surface area (Å²) in [5.74, 6) is 0.336. The number of allylic oxidation sites excluding steroid dienone is 2. The molecule has 1 unspecified atom stereocenters. The molecule has 17 heavy (non-hydrogen) atoms. The molecule has 1 amide bonds. The summed E-state index contributed by atoms with van der Waals surface area (Å²) < 4.78 is 0. The zero-order valence-electron chi connectivity index (χ0n) is 10.2. The van der Waals surface area contributed by atoms with Gasteiger partial charge in [-0.3, -0.25) is 4.79 Å². The van der Waals surface area contributed by atoms with Gasteiger partial charge < -0.3 is 10.4 Å². The van der Waals surface area contributed by atoms with E-state index in [1.165, 1.54) is 0 Å². The van der Waals surface area contributed by atoms with E-state index in [0.29, 0.717) is 0 Å². The maximum Gasteiger partial charge on any atom is 0.227 e. The number of carbonyl (C=O) groups is 1. The minimum atomic E-state index is -0.0114. The van der Waals surface area contributed by atoms with E-state index in [4.69, 9.17) is 0 Å². The summed E-state index contributed by atoms with van der Waals surface area (Å²) in [7, 11) is 0. The predicted octanol–water partition coefficient (Wildman–Crippen LogP) is 2.67. The lowest BCUT2D eigenvalue weighted by molar-refractivity contribution is -0.124.